The van der Waals surface area contributed by atoms with Crippen LogP contribution in [0.15, 0.2) is 58.9 Å². The molecule has 0 bridgehead atoms. The summed E-state index contributed by atoms with van der Waals surface area (Å²) in [6, 6.07) is 7.53. The molecule has 0 aliphatic carbocycles. The van der Waals surface area contributed by atoms with Crippen molar-refractivity contribution in [2.45, 2.75) is 38.1 Å². The molecule has 0 atom stereocenters. The second-order valence-electron chi connectivity index (χ2n) is 7.36. The number of allylic oxidation sites excluding steroid dienone is 1. The van der Waals surface area contributed by atoms with E-state index < -0.39 is 27.6 Å². The number of hydrogen-bond acceptors (Lipinski definition) is 4. The summed E-state index contributed by atoms with van der Waals surface area (Å²) in [4.78, 5) is 17.1. The van der Waals surface area contributed by atoms with Crippen LogP contribution >= 0.6 is 11.3 Å². The Labute approximate surface area is 195 Å². The van der Waals surface area contributed by atoms with Gasteiger partial charge in [0.1, 0.15) is 5.82 Å². The number of carbonyl (C=O) groups excluding carboxylic acids is 1. The maximum absolute atomic E-state index is 14.4. The summed E-state index contributed by atoms with van der Waals surface area (Å²) >= 11 is 0.983. The molecule has 1 amide bonds. The van der Waals surface area contributed by atoms with Crippen molar-refractivity contribution in [1.29, 1.82) is 0 Å². The zero-order valence-electron chi connectivity index (χ0n) is 18.4. The van der Waals surface area contributed by atoms with Gasteiger partial charge >= 0.3 is 0 Å². The average Bonchev–Trinajstić information content (AvgIpc) is 3.10. The van der Waals surface area contributed by atoms with Gasteiger partial charge in [0.05, 0.1) is 15.1 Å². The number of rotatable bonds is 9. The van der Waals surface area contributed by atoms with E-state index in [4.69, 9.17) is 0 Å². The SMILES string of the molecule is C=CCn1c(=NC(=O)c2ccc(S(=O)(=O)N(CCC)CCC)cc2)sc2cc(F)cc(F)c21. The minimum absolute atomic E-state index is 0.0991. The van der Waals surface area contributed by atoms with Gasteiger partial charge in [-0.3, -0.25) is 4.79 Å². The normalized spacial score (nSPS) is 12.6. The summed E-state index contributed by atoms with van der Waals surface area (Å²) in [5, 5.41) is 0. The highest BCUT2D eigenvalue weighted by Gasteiger charge is 2.23. The molecule has 0 saturated heterocycles. The van der Waals surface area contributed by atoms with Gasteiger partial charge in [0.2, 0.25) is 10.0 Å². The molecule has 2 aromatic carbocycles. The molecule has 0 fully saturated rings. The van der Waals surface area contributed by atoms with Crippen molar-refractivity contribution in [1.82, 2.24) is 8.87 Å². The van der Waals surface area contributed by atoms with Crippen molar-refractivity contribution in [2.24, 2.45) is 4.99 Å². The number of sulfonamides is 1. The number of thiazole rings is 1. The predicted octanol–water partition coefficient (Wildman–Crippen LogP) is 4.72. The number of hydrogen-bond donors (Lipinski definition) is 0. The van der Waals surface area contributed by atoms with Crippen LogP contribution < -0.4 is 4.80 Å². The first-order valence-electron chi connectivity index (χ1n) is 10.5. The monoisotopic (exact) mass is 493 g/mol. The molecule has 0 saturated carbocycles. The average molecular weight is 494 g/mol. The fraction of sp³-hybridized carbons (Fsp3) is 0.304. The molecule has 1 heterocycles. The first-order chi connectivity index (χ1) is 15.7. The molecule has 0 N–H and O–H groups in total. The lowest BCUT2D eigenvalue weighted by Gasteiger charge is -2.21. The lowest BCUT2D eigenvalue weighted by molar-refractivity contribution is 0.0997. The zero-order chi connectivity index (χ0) is 24.2. The van der Waals surface area contributed by atoms with Gasteiger partial charge in [0.25, 0.3) is 5.91 Å². The van der Waals surface area contributed by atoms with E-state index in [9.17, 15) is 22.0 Å². The zero-order valence-corrected chi connectivity index (χ0v) is 20.1. The Morgan fingerprint density at radius 1 is 1.15 bits per heavy atom. The van der Waals surface area contributed by atoms with Crippen molar-refractivity contribution < 1.29 is 22.0 Å². The van der Waals surface area contributed by atoms with E-state index in [1.807, 2.05) is 13.8 Å². The van der Waals surface area contributed by atoms with E-state index in [1.165, 1.54) is 45.3 Å². The van der Waals surface area contributed by atoms with Crippen molar-refractivity contribution in [2.75, 3.05) is 13.1 Å². The Morgan fingerprint density at radius 2 is 1.79 bits per heavy atom. The summed E-state index contributed by atoms with van der Waals surface area (Å²) in [5.41, 5.74) is 0.321. The Bertz CT molecular complexity index is 1340. The van der Waals surface area contributed by atoms with Crippen molar-refractivity contribution in [3.8, 4) is 0 Å². The van der Waals surface area contributed by atoms with Crippen LogP contribution in [0.5, 0.6) is 0 Å². The Kier molecular flexibility index (Phi) is 7.93. The van der Waals surface area contributed by atoms with Crippen LogP contribution in [0.4, 0.5) is 8.78 Å². The van der Waals surface area contributed by atoms with E-state index >= 15 is 0 Å². The molecule has 3 rings (SSSR count). The molecule has 10 heteroatoms. The third-order valence-electron chi connectivity index (χ3n) is 4.89. The van der Waals surface area contributed by atoms with E-state index in [0.717, 1.165) is 17.4 Å². The van der Waals surface area contributed by atoms with Crippen molar-refractivity contribution in [3.63, 3.8) is 0 Å². The van der Waals surface area contributed by atoms with Gasteiger partial charge in [-0.2, -0.15) is 9.30 Å². The minimum Gasteiger partial charge on any atom is -0.310 e. The maximum atomic E-state index is 14.4. The number of halogens is 2. The summed E-state index contributed by atoms with van der Waals surface area (Å²) in [7, 11) is -3.67. The fourth-order valence-electron chi connectivity index (χ4n) is 3.43. The number of aromatic nitrogens is 1. The number of amides is 1. The topological polar surface area (TPSA) is 71.7 Å². The van der Waals surface area contributed by atoms with E-state index in [0.29, 0.717) is 30.6 Å². The van der Waals surface area contributed by atoms with Gasteiger partial charge in [-0.1, -0.05) is 31.3 Å². The highest BCUT2D eigenvalue weighted by molar-refractivity contribution is 7.89. The lowest BCUT2D eigenvalue weighted by atomic mass is 10.2. The van der Waals surface area contributed by atoms with E-state index in [-0.39, 0.29) is 27.3 Å². The summed E-state index contributed by atoms with van der Waals surface area (Å²) in [6.45, 7) is 8.47. The van der Waals surface area contributed by atoms with Crippen LogP contribution in [0.3, 0.4) is 0 Å². The van der Waals surface area contributed by atoms with Gasteiger partial charge in [0, 0.05) is 31.3 Å². The molecule has 0 spiro atoms. The Hall–Kier alpha value is -2.69. The number of benzene rings is 2. The first-order valence-corrected chi connectivity index (χ1v) is 12.8. The van der Waals surface area contributed by atoms with E-state index in [1.54, 1.807) is 0 Å². The molecule has 176 valence electrons. The van der Waals surface area contributed by atoms with Gasteiger partial charge in [-0.05, 0) is 43.2 Å². The second kappa shape index (κ2) is 10.5. The van der Waals surface area contributed by atoms with Crippen molar-refractivity contribution >= 4 is 37.5 Å². The molecule has 0 unspecified atom stereocenters. The Balaban J connectivity index is 1.99. The molecule has 0 aliphatic rings. The van der Waals surface area contributed by atoms with Crippen LogP contribution in [0.25, 0.3) is 10.2 Å². The van der Waals surface area contributed by atoms with Gasteiger partial charge in [0.15, 0.2) is 10.6 Å². The van der Waals surface area contributed by atoms with Crippen LogP contribution in [-0.2, 0) is 16.6 Å². The quantitative estimate of drug-likeness (QED) is 0.405. The maximum Gasteiger partial charge on any atom is 0.279 e. The molecule has 0 aliphatic heterocycles. The smallest absolute Gasteiger partial charge is 0.279 e. The first kappa shape index (κ1) is 24.9. The van der Waals surface area contributed by atoms with Gasteiger partial charge in [-0.15, -0.1) is 6.58 Å². The number of carbonyl (C=O) groups is 1. The standard InChI is InChI=1S/C23H25F2N3O3S2/c1-4-11-27(12-5-2)33(30,31)18-9-7-16(8-10-18)22(29)26-23-28(13-6-3)21-19(25)14-17(24)15-20(21)32-23/h6-10,14-15H,3-5,11-13H2,1-2H3. The Morgan fingerprint density at radius 3 is 2.36 bits per heavy atom. The second-order valence-corrected chi connectivity index (χ2v) is 10.3. The summed E-state index contributed by atoms with van der Waals surface area (Å²) < 4.78 is 57.0. The molecular weight excluding hydrogens is 468 g/mol. The number of fused-ring (bicyclic) bond motifs is 1. The summed E-state index contributed by atoms with van der Waals surface area (Å²) in [6.07, 6.45) is 2.91. The third-order valence-corrected chi connectivity index (χ3v) is 7.83. The fourth-order valence-corrected chi connectivity index (χ4v) is 6.13. The van der Waals surface area contributed by atoms with E-state index in [2.05, 4.69) is 11.6 Å². The largest absolute Gasteiger partial charge is 0.310 e. The molecule has 1 aromatic heterocycles. The summed E-state index contributed by atoms with van der Waals surface area (Å²) in [5.74, 6) is -2.10. The number of nitrogens with zero attached hydrogens (tertiary/aromatic N) is 3. The predicted molar refractivity (Wildman–Crippen MR) is 126 cm³/mol. The van der Waals surface area contributed by atoms with Crippen LogP contribution in [0, 0.1) is 11.6 Å². The molecule has 0 radical (unpaired) electrons. The third kappa shape index (κ3) is 5.29. The van der Waals surface area contributed by atoms with Crippen molar-refractivity contribution in [3.05, 3.63) is 71.1 Å². The van der Waals surface area contributed by atoms with Crippen LogP contribution in [0.1, 0.15) is 37.0 Å². The van der Waals surface area contributed by atoms with Gasteiger partial charge < -0.3 is 4.57 Å². The lowest BCUT2D eigenvalue weighted by Crippen LogP contribution is -2.32. The van der Waals surface area contributed by atoms with Crippen LogP contribution in [0.2, 0.25) is 0 Å². The highest BCUT2D eigenvalue weighted by atomic mass is 32.2. The molecule has 33 heavy (non-hydrogen) atoms. The molecular formula is C23H25F2N3O3S2. The highest BCUT2D eigenvalue weighted by Crippen LogP contribution is 2.23. The molecule has 3 aromatic rings. The van der Waals surface area contributed by atoms with Gasteiger partial charge in [-0.25, -0.2) is 17.2 Å². The van der Waals surface area contributed by atoms with Crippen LogP contribution in [-0.4, -0.2) is 36.3 Å². The minimum atomic E-state index is -3.67. The molecule has 6 nitrogen and oxygen atoms in total.